The van der Waals surface area contributed by atoms with E-state index in [2.05, 4.69) is 16.0 Å². The predicted molar refractivity (Wildman–Crippen MR) is 110 cm³/mol. The SMILES string of the molecule is CC(C)C(NC(=O)C(CCCCN)NC(=O)C(N)CC(N)=O)C(=O)NC(CO)C(=O)O. The summed E-state index contributed by atoms with van der Waals surface area (Å²) in [6.45, 7) is 2.81. The minimum atomic E-state index is -1.53. The second-order valence-electron chi connectivity index (χ2n) is 7.43. The monoisotopic (exact) mass is 446 g/mol. The molecule has 31 heavy (non-hydrogen) atoms. The number of aliphatic carboxylic acids is 1. The first-order valence-electron chi connectivity index (χ1n) is 9.93. The Bertz CT molecular complexity index is 643. The average Bonchev–Trinajstić information content (AvgIpc) is 2.67. The summed E-state index contributed by atoms with van der Waals surface area (Å²) in [5.41, 5.74) is 16.1. The summed E-state index contributed by atoms with van der Waals surface area (Å²) in [6, 6.07) is -4.97. The van der Waals surface area contributed by atoms with Crippen molar-refractivity contribution in [1.29, 1.82) is 0 Å². The van der Waals surface area contributed by atoms with Crippen LogP contribution in [0.15, 0.2) is 0 Å². The number of nitrogens with one attached hydrogen (secondary N) is 3. The van der Waals surface area contributed by atoms with Crippen molar-refractivity contribution >= 4 is 29.6 Å². The number of nitrogens with two attached hydrogens (primary N) is 3. The lowest BCUT2D eigenvalue weighted by atomic mass is 10.0. The molecule has 0 aromatic heterocycles. The third kappa shape index (κ3) is 10.7. The Morgan fingerprint density at radius 2 is 1.48 bits per heavy atom. The number of hydrogen-bond donors (Lipinski definition) is 8. The number of carboxylic acids is 1. The van der Waals surface area contributed by atoms with E-state index in [0.29, 0.717) is 19.4 Å². The van der Waals surface area contributed by atoms with Gasteiger partial charge in [-0.1, -0.05) is 13.8 Å². The third-order valence-electron chi connectivity index (χ3n) is 4.38. The molecule has 0 spiro atoms. The summed E-state index contributed by atoms with van der Waals surface area (Å²) in [4.78, 5) is 59.5. The Kier molecular flexibility index (Phi) is 13.0. The van der Waals surface area contributed by atoms with Gasteiger partial charge in [-0.15, -0.1) is 0 Å². The van der Waals surface area contributed by atoms with E-state index in [1.54, 1.807) is 13.8 Å². The van der Waals surface area contributed by atoms with E-state index in [-0.39, 0.29) is 6.42 Å². The van der Waals surface area contributed by atoms with Crippen molar-refractivity contribution in [2.75, 3.05) is 13.2 Å². The van der Waals surface area contributed by atoms with E-state index in [4.69, 9.17) is 27.4 Å². The average molecular weight is 447 g/mol. The number of unbranched alkanes of at least 4 members (excludes halogenated alkanes) is 1. The van der Waals surface area contributed by atoms with Gasteiger partial charge in [-0.25, -0.2) is 4.79 Å². The molecule has 0 fully saturated rings. The second kappa shape index (κ2) is 14.3. The molecule has 0 rings (SSSR count). The van der Waals surface area contributed by atoms with Crippen LogP contribution in [0.3, 0.4) is 0 Å². The van der Waals surface area contributed by atoms with Crippen LogP contribution in [-0.4, -0.2) is 77.1 Å². The zero-order valence-corrected chi connectivity index (χ0v) is 17.8. The Labute approximate surface area is 180 Å². The van der Waals surface area contributed by atoms with Crippen molar-refractivity contribution in [2.24, 2.45) is 23.1 Å². The highest BCUT2D eigenvalue weighted by Gasteiger charge is 2.31. The summed E-state index contributed by atoms with van der Waals surface area (Å²) in [5.74, 6) is -4.90. The summed E-state index contributed by atoms with van der Waals surface area (Å²) in [7, 11) is 0. The molecule has 0 aliphatic carbocycles. The Balaban J connectivity index is 5.35. The number of carboxylic acid groups (broad SMARTS) is 1. The largest absolute Gasteiger partial charge is 0.480 e. The molecule has 0 radical (unpaired) electrons. The minimum absolute atomic E-state index is 0.193. The molecular weight excluding hydrogens is 412 g/mol. The minimum Gasteiger partial charge on any atom is -0.480 e. The maximum absolute atomic E-state index is 12.8. The first kappa shape index (κ1) is 28.2. The first-order chi connectivity index (χ1) is 14.4. The lowest BCUT2D eigenvalue weighted by molar-refractivity contribution is -0.143. The van der Waals surface area contributed by atoms with Gasteiger partial charge in [0.15, 0.2) is 0 Å². The van der Waals surface area contributed by atoms with Crippen molar-refractivity contribution in [2.45, 2.75) is 63.7 Å². The Morgan fingerprint density at radius 1 is 0.903 bits per heavy atom. The van der Waals surface area contributed by atoms with Gasteiger partial charge in [0.1, 0.15) is 18.1 Å². The van der Waals surface area contributed by atoms with E-state index >= 15 is 0 Å². The van der Waals surface area contributed by atoms with E-state index < -0.39 is 72.7 Å². The van der Waals surface area contributed by atoms with Gasteiger partial charge in [0, 0.05) is 0 Å². The van der Waals surface area contributed by atoms with Crippen molar-refractivity contribution in [3.63, 3.8) is 0 Å². The molecule has 13 heteroatoms. The van der Waals surface area contributed by atoms with Crippen LogP contribution in [0.4, 0.5) is 0 Å². The lowest BCUT2D eigenvalue weighted by Gasteiger charge is -2.26. The van der Waals surface area contributed by atoms with Crippen molar-refractivity contribution < 1.29 is 34.2 Å². The molecule has 11 N–H and O–H groups in total. The molecule has 0 aliphatic rings. The lowest BCUT2D eigenvalue weighted by Crippen LogP contribution is -2.59. The Hall–Kier alpha value is -2.77. The number of hydrogen-bond acceptors (Lipinski definition) is 8. The molecule has 0 bridgehead atoms. The quantitative estimate of drug-likeness (QED) is 0.116. The van der Waals surface area contributed by atoms with Crippen LogP contribution in [0.2, 0.25) is 0 Å². The molecule has 0 aliphatic heterocycles. The van der Waals surface area contributed by atoms with E-state index in [9.17, 15) is 24.0 Å². The van der Waals surface area contributed by atoms with Crippen LogP contribution in [0.1, 0.15) is 39.5 Å². The highest BCUT2D eigenvalue weighted by molar-refractivity contribution is 5.95. The van der Waals surface area contributed by atoms with Crippen molar-refractivity contribution in [3.05, 3.63) is 0 Å². The molecule has 13 nitrogen and oxygen atoms in total. The smallest absolute Gasteiger partial charge is 0.328 e. The fraction of sp³-hybridized carbons (Fsp3) is 0.722. The summed E-state index contributed by atoms with van der Waals surface area (Å²) in [5, 5.41) is 25.1. The Morgan fingerprint density at radius 3 is 1.94 bits per heavy atom. The molecule has 4 unspecified atom stereocenters. The zero-order valence-electron chi connectivity index (χ0n) is 17.8. The van der Waals surface area contributed by atoms with Crippen LogP contribution in [0, 0.1) is 5.92 Å². The molecule has 0 saturated carbocycles. The number of amides is 4. The van der Waals surface area contributed by atoms with Gasteiger partial charge < -0.3 is 43.4 Å². The standard InChI is InChI=1S/C18H34N6O7/c1-9(2)14(17(29)23-12(8-25)18(30)31)24-16(28)11(5-3-4-6-19)22-15(27)10(20)7-13(21)26/h9-12,14,25H,3-8,19-20H2,1-2H3,(H2,21,26)(H,22,27)(H,23,29)(H,24,28)(H,30,31). The number of carbonyl (C=O) groups excluding carboxylic acids is 4. The molecule has 4 amide bonds. The van der Waals surface area contributed by atoms with Gasteiger partial charge in [0.2, 0.25) is 23.6 Å². The van der Waals surface area contributed by atoms with E-state index in [1.807, 2.05) is 0 Å². The molecular formula is C18H34N6O7. The normalized spacial score (nSPS) is 14.8. The van der Waals surface area contributed by atoms with Gasteiger partial charge >= 0.3 is 5.97 Å². The van der Waals surface area contributed by atoms with Crippen LogP contribution in [0.5, 0.6) is 0 Å². The zero-order chi connectivity index (χ0) is 24.1. The number of aliphatic hydroxyl groups excluding tert-OH is 1. The highest BCUT2D eigenvalue weighted by Crippen LogP contribution is 2.07. The highest BCUT2D eigenvalue weighted by atomic mass is 16.4. The maximum atomic E-state index is 12.8. The number of rotatable bonds is 15. The van der Waals surface area contributed by atoms with Crippen LogP contribution in [0.25, 0.3) is 0 Å². The van der Waals surface area contributed by atoms with Gasteiger partial charge in [-0.3, -0.25) is 19.2 Å². The summed E-state index contributed by atoms with van der Waals surface area (Å²) < 4.78 is 0. The van der Waals surface area contributed by atoms with Gasteiger partial charge in [0.05, 0.1) is 19.1 Å². The van der Waals surface area contributed by atoms with Crippen LogP contribution in [-0.2, 0) is 24.0 Å². The fourth-order valence-electron chi connectivity index (χ4n) is 2.59. The summed E-state index contributed by atoms with van der Waals surface area (Å²) in [6.07, 6.45) is 0.860. The molecule has 0 aromatic rings. The maximum Gasteiger partial charge on any atom is 0.328 e. The van der Waals surface area contributed by atoms with Gasteiger partial charge in [0.25, 0.3) is 0 Å². The second-order valence-corrected chi connectivity index (χ2v) is 7.43. The third-order valence-corrected chi connectivity index (χ3v) is 4.38. The molecule has 0 aromatic carbocycles. The van der Waals surface area contributed by atoms with Crippen LogP contribution >= 0.6 is 0 Å². The number of primary amides is 1. The molecule has 4 atom stereocenters. The number of carbonyl (C=O) groups is 5. The summed E-state index contributed by atoms with van der Waals surface area (Å²) >= 11 is 0. The van der Waals surface area contributed by atoms with E-state index in [0.717, 1.165) is 0 Å². The van der Waals surface area contributed by atoms with Crippen molar-refractivity contribution in [1.82, 2.24) is 16.0 Å². The van der Waals surface area contributed by atoms with Gasteiger partial charge in [-0.05, 0) is 31.7 Å². The van der Waals surface area contributed by atoms with Gasteiger partial charge in [-0.2, -0.15) is 0 Å². The predicted octanol–water partition coefficient (Wildman–Crippen LogP) is -3.49. The fourth-order valence-corrected chi connectivity index (χ4v) is 2.59. The van der Waals surface area contributed by atoms with Crippen LogP contribution < -0.4 is 33.2 Å². The molecule has 178 valence electrons. The number of aliphatic hydroxyl groups is 1. The molecule has 0 heterocycles. The molecule has 0 saturated heterocycles. The first-order valence-corrected chi connectivity index (χ1v) is 9.93. The van der Waals surface area contributed by atoms with Crippen molar-refractivity contribution in [3.8, 4) is 0 Å². The van der Waals surface area contributed by atoms with E-state index in [1.165, 1.54) is 0 Å². The topological polar surface area (TPSA) is 240 Å².